The smallest absolute Gasteiger partial charge is 0.0663 e. The molecular weight excluding hydrogens is 238 g/mol. The molecule has 0 bridgehead atoms. The molecule has 0 aromatic carbocycles. The normalized spacial score (nSPS) is 12.7. The maximum atomic E-state index is 5.27. The lowest BCUT2D eigenvalue weighted by Gasteiger charge is -2.31. The summed E-state index contributed by atoms with van der Waals surface area (Å²) in [4.78, 5) is 6.61. The van der Waals surface area contributed by atoms with Crippen LogP contribution in [0.4, 0.5) is 5.69 Å². The van der Waals surface area contributed by atoms with Crippen LogP contribution in [0.25, 0.3) is 0 Å². The third kappa shape index (κ3) is 4.80. The zero-order chi connectivity index (χ0) is 14.3. The summed E-state index contributed by atoms with van der Waals surface area (Å²) in [6, 6.07) is 2.92. The van der Waals surface area contributed by atoms with Gasteiger partial charge in [0.15, 0.2) is 0 Å². The van der Waals surface area contributed by atoms with Crippen LogP contribution in [0.15, 0.2) is 18.5 Å². The monoisotopic (exact) mass is 265 g/mol. The maximum absolute atomic E-state index is 5.27. The van der Waals surface area contributed by atoms with Crippen molar-refractivity contribution >= 4 is 5.69 Å². The van der Waals surface area contributed by atoms with Gasteiger partial charge in [-0.1, -0.05) is 13.8 Å². The van der Waals surface area contributed by atoms with E-state index in [1.165, 1.54) is 11.3 Å². The molecule has 1 aromatic heterocycles. The van der Waals surface area contributed by atoms with Gasteiger partial charge >= 0.3 is 0 Å². The highest BCUT2D eigenvalue weighted by Gasteiger charge is 2.15. The summed E-state index contributed by atoms with van der Waals surface area (Å²) in [7, 11) is 1.75. The van der Waals surface area contributed by atoms with E-state index in [9.17, 15) is 0 Å². The van der Waals surface area contributed by atoms with Crippen molar-refractivity contribution < 1.29 is 4.74 Å². The number of pyridine rings is 1. The van der Waals surface area contributed by atoms with E-state index in [1.54, 1.807) is 7.11 Å². The van der Waals surface area contributed by atoms with Gasteiger partial charge in [-0.25, -0.2) is 0 Å². The standard InChI is InChI=1S/C15H27N3O/c1-6-18(13(4)11-19-5)15-7-8-16-9-14(15)10-17-12(2)3/h7-9,12-13,17H,6,10-11H2,1-5H3. The molecule has 0 spiro atoms. The van der Waals surface area contributed by atoms with Crippen LogP contribution in [-0.2, 0) is 11.3 Å². The molecule has 1 rings (SSSR count). The van der Waals surface area contributed by atoms with E-state index in [1.807, 2.05) is 12.4 Å². The molecule has 4 heteroatoms. The van der Waals surface area contributed by atoms with Crippen LogP contribution in [-0.4, -0.2) is 37.3 Å². The molecule has 1 N–H and O–H groups in total. The Morgan fingerprint density at radius 2 is 2.11 bits per heavy atom. The van der Waals surface area contributed by atoms with Gasteiger partial charge in [-0.3, -0.25) is 4.98 Å². The number of hydrogen-bond acceptors (Lipinski definition) is 4. The van der Waals surface area contributed by atoms with E-state index in [-0.39, 0.29) is 0 Å². The van der Waals surface area contributed by atoms with Crippen LogP contribution in [0, 0.1) is 0 Å². The molecule has 0 saturated carbocycles. The quantitative estimate of drug-likeness (QED) is 0.783. The number of rotatable bonds is 8. The van der Waals surface area contributed by atoms with Gasteiger partial charge in [0.05, 0.1) is 6.61 Å². The summed E-state index contributed by atoms with van der Waals surface area (Å²) in [6.07, 6.45) is 3.81. The molecule has 108 valence electrons. The Labute approximate surface area is 117 Å². The van der Waals surface area contributed by atoms with Gasteiger partial charge in [0.1, 0.15) is 0 Å². The Morgan fingerprint density at radius 3 is 2.68 bits per heavy atom. The molecule has 0 fully saturated rings. The van der Waals surface area contributed by atoms with Crippen molar-refractivity contribution in [1.29, 1.82) is 0 Å². The first-order valence-electron chi connectivity index (χ1n) is 7.02. The van der Waals surface area contributed by atoms with Crippen molar-refractivity contribution in [2.45, 2.75) is 46.3 Å². The molecule has 19 heavy (non-hydrogen) atoms. The SMILES string of the molecule is CCN(c1ccncc1CNC(C)C)C(C)COC. The van der Waals surface area contributed by atoms with E-state index >= 15 is 0 Å². The molecule has 1 aromatic rings. The third-order valence-corrected chi connectivity index (χ3v) is 3.17. The minimum Gasteiger partial charge on any atom is -0.383 e. The third-order valence-electron chi connectivity index (χ3n) is 3.17. The van der Waals surface area contributed by atoms with Gasteiger partial charge < -0.3 is 15.0 Å². The topological polar surface area (TPSA) is 37.4 Å². The first-order valence-corrected chi connectivity index (χ1v) is 7.02. The van der Waals surface area contributed by atoms with Crippen LogP contribution in [0.3, 0.4) is 0 Å². The Kier molecular flexibility index (Phi) is 6.81. The van der Waals surface area contributed by atoms with Gasteiger partial charge in [0, 0.05) is 55.9 Å². The molecule has 0 aliphatic carbocycles. The van der Waals surface area contributed by atoms with E-state index < -0.39 is 0 Å². The fourth-order valence-electron chi connectivity index (χ4n) is 2.20. The molecule has 1 atom stereocenters. The summed E-state index contributed by atoms with van der Waals surface area (Å²) in [5.74, 6) is 0. The van der Waals surface area contributed by atoms with Crippen molar-refractivity contribution in [3.8, 4) is 0 Å². The van der Waals surface area contributed by atoms with Crippen LogP contribution < -0.4 is 10.2 Å². The minimum atomic E-state index is 0.357. The van der Waals surface area contributed by atoms with Crippen molar-refractivity contribution in [3.05, 3.63) is 24.0 Å². The average Bonchev–Trinajstić information content (AvgIpc) is 2.38. The molecule has 0 aliphatic heterocycles. The van der Waals surface area contributed by atoms with E-state index in [4.69, 9.17) is 4.74 Å². The van der Waals surface area contributed by atoms with Crippen LogP contribution in [0.1, 0.15) is 33.3 Å². The lowest BCUT2D eigenvalue weighted by molar-refractivity contribution is 0.182. The molecule has 0 aliphatic rings. The number of nitrogens with one attached hydrogen (secondary N) is 1. The molecule has 4 nitrogen and oxygen atoms in total. The number of anilines is 1. The highest BCUT2D eigenvalue weighted by molar-refractivity contribution is 5.53. The van der Waals surface area contributed by atoms with E-state index in [0.717, 1.165) is 19.7 Å². The summed E-state index contributed by atoms with van der Waals surface area (Å²) >= 11 is 0. The highest BCUT2D eigenvalue weighted by Crippen LogP contribution is 2.21. The Hall–Kier alpha value is -1.13. The van der Waals surface area contributed by atoms with Gasteiger partial charge in [0.25, 0.3) is 0 Å². The maximum Gasteiger partial charge on any atom is 0.0663 e. The van der Waals surface area contributed by atoms with Crippen LogP contribution in [0.5, 0.6) is 0 Å². The Morgan fingerprint density at radius 1 is 1.37 bits per heavy atom. The van der Waals surface area contributed by atoms with Crippen molar-refractivity contribution in [2.75, 3.05) is 25.2 Å². The molecule has 0 saturated heterocycles. The van der Waals surface area contributed by atoms with Gasteiger partial charge in [0.2, 0.25) is 0 Å². The van der Waals surface area contributed by atoms with Crippen molar-refractivity contribution in [3.63, 3.8) is 0 Å². The van der Waals surface area contributed by atoms with E-state index in [0.29, 0.717) is 12.1 Å². The average molecular weight is 265 g/mol. The largest absolute Gasteiger partial charge is 0.383 e. The lowest BCUT2D eigenvalue weighted by Crippen LogP contribution is -2.37. The van der Waals surface area contributed by atoms with Gasteiger partial charge in [-0.05, 0) is 19.9 Å². The second kappa shape index (κ2) is 8.12. The van der Waals surface area contributed by atoms with Crippen LogP contribution in [0.2, 0.25) is 0 Å². The molecule has 0 amide bonds. The fourth-order valence-corrected chi connectivity index (χ4v) is 2.20. The number of likely N-dealkylation sites (N-methyl/N-ethyl adjacent to an activating group) is 1. The summed E-state index contributed by atoms with van der Waals surface area (Å²) < 4.78 is 5.27. The van der Waals surface area contributed by atoms with Crippen molar-refractivity contribution in [1.82, 2.24) is 10.3 Å². The zero-order valence-electron chi connectivity index (χ0n) is 12.8. The lowest BCUT2D eigenvalue weighted by atomic mass is 10.1. The number of hydrogen-bond donors (Lipinski definition) is 1. The highest BCUT2D eigenvalue weighted by atomic mass is 16.5. The predicted octanol–water partition coefficient (Wildman–Crippen LogP) is 2.44. The second-order valence-electron chi connectivity index (χ2n) is 5.13. The molecule has 1 unspecified atom stereocenters. The molecule has 0 radical (unpaired) electrons. The summed E-state index contributed by atoms with van der Waals surface area (Å²) in [5, 5.41) is 3.45. The zero-order valence-corrected chi connectivity index (χ0v) is 12.8. The predicted molar refractivity (Wildman–Crippen MR) is 80.6 cm³/mol. The number of methoxy groups -OCH3 is 1. The van der Waals surface area contributed by atoms with Crippen LogP contribution >= 0.6 is 0 Å². The number of ether oxygens (including phenoxy) is 1. The molecule has 1 heterocycles. The first-order chi connectivity index (χ1) is 9.10. The number of nitrogens with zero attached hydrogens (tertiary/aromatic N) is 2. The Balaban J connectivity index is 2.89. The van der Waals surface area contributed by atoms with Gasteiger partial charge in [-0.2, -0.15) is 0 Å². The fraction of sp³-hybridized carbons (Fsp3) is 0.667. The van der Waals surface area contributed by atoms with Crippen molar-refractivity contribution in [2.24, 2.45) is 0 Å². The minimum absolute atomic E-state index is 0.357. The molecular formula is C15H27N3O. The Bertz CT molecular complexity index is 368. The number of aromatic nitrogens is 1. The first kappa shape index (κ1) is 15.9. The van der Waals surface area contributed by atoms with E-state index in [2.05, 4.69) is 49.0 Å². The summed E-state index contributed by atoms with van der Waals surface area (Å²) in [6.45, 7) is 11.2. The summed E-state index contributed by atoms with van der Waals surface area (Å²) in [5.41, 5.74) is 2.48. The second-order valence-corrected chi connectivity index (χ2v) is 5.13. The van der Waals surface area contributed by atoms with Gasteiger partial charge in [-0.15, -0.1) is 0 Å².